The van der Waals surface area contributed by atoms with Crippen molar-refractivity contribution in [2.45, 2.75) is 19.1 Å². The summed E-state index contributed by atoms with van der Waals surface area (Å²) in [4.78, 5) is 14.2. The van der Waals surface area contributed by atoms with Crippen LogP contribution in [0.5, 0.6) is 11.5 Å². The van der Waals surface area contributed by atoms with Crippen LogP contribution in [0, 0.1) is 0 Å². The Balaban J connectivity index is 1.40. The van der Waals surface area contributed by atoms with E-state index in [0.717, 1.165) is 34.1 Å². The molecule has 3 aromatic carbocycles. The molecule has 0 fully saturated rings. The van der Waals surface area contributed by atoms with Crippen molar-refractivity contribution >= 4 is 5.91 Å². The van der Waals surface area contributed by atoms with Gasteiger partial charge in [0.1, 0.15) is 13.2 Å². The molecule has 0 saturated carbocycles. The molecular formula is C26H29N2O3+. The van der Waals surface area contributed by atoms with Crippen LogP contribution in [0.3, 0.4) is 0 Å². The molecule has 160 valence electrons. The van der Waals surface area contributed by atoms with Gasteiger partial charge in [0.15, 0.2) is 24.1 Å². The molecular weight excluding hydrogens is 388 g/mol. The smallest absolute Gasteiger partial charge is 0.275 e. The van der Waals surface area contributed by atoms with Gasteiger partial charge in [0.05, 0.1) is 12.6 Å². The van der Waals surface area contributed by atoms with Crippen LogP contribution in [0.4, 0.5) is 0 Å². The molecule has 0 aromatic heterocycles. The van der Waals surface area contributed by atoms with Crippen LogP contribution >= 0.6 is 0 Å². The number of carbonyl (C=O) groups excluding carboxylic acids is 1. The van der Waals surface area contributed by atoms with E-state index in [-0.39, 0.29) is 18.1 Å². The quantitative estimate of drug-likeness (QED) is 0.593. The van der Waals surface area contributed by atoms with Crippen molar-refractivity contribution in [3.63, 3.8) is 0 Å². The number of hydrogen-bond donors (Lipinski definition) is 2. The first kappa shape index (κ1) is 20.9. The number of nitrogens with one attached hydrogen (secondary N) is 2. The van der Waals surface area contributed by atoms with Gasteiger partial charge in [0.25, 0.3) is 5.91 Å². The van der Waals surface area contributed by atoms with Gasteiger partial charge in [-0.1, -0.05) is 72.8 Å². The van der Waals surface area contributed by atoms with Gasteiger partial charge in [-0.2, -0.15) is 0 Å². The van der Waals surface area contributed by atoms with Crippen LogP contribution in [-0.4, -0.2) is 38.3 Å². The molecule has 0 aliphatic carbocycles. The third kappa shape index (κ3) is 5.44. The Morgan fingerprint density at radius 1 is 0.935 bits per heavy atom. The lowest BCUT2D eigenvalue weighted by molar-refractivity contribution is -0.893. The summed E-state index contributed by atoms with van der Waals surface area (Å²) in [6, 6.07) is 27.7. The van der Waals surface area contributed by atoms with Crippen LogP contribution < -0.4 is 19.7 Å². The second-order valence-electron chi connectivity index (χ2n) is 7.80. The molecule has 1 amide bonds. The van der Waals surface area contributed by atoms with Gasteiger partial charge in [-0.15, -0.1) is 0 Å². The lowest BCUT2D eigenvalue weighted by Crippen LogP contribution is -3.14. The Kier molecular flexibility index (Phi) is 6.85. The molecule has 1 aliphatic heterocycles. The van der Waals surface area contributed by atoms with Gasteiger partial charge in [0.2, 0.25) is 0 Å². The molecule has 5 heteroatoms. The number of benzene rings is 3. The van der Waals surface area contributed by atoms with Gasteiger partial charge in [0, 0.05) is 0 Å². The summed E-state index contributed by atoms with van der Waals surface area (Å²) in [5.41, 5.74) is 2.14. The van der Waals surface area contributed by atoms with Gasteiger partial charge < -0.3 is 19.7 Å². The maximum Gasteiger partial charge on any atom is 0.275 e. The second-order valence-corrected chi connectivity index (χ2v) is 7.80. The second kappa shape index (κ2) is 10.1. The Bertz CT molecular complexity index is 939. The molecule has 4 rings (SSSR count). The number of para-hydroxylation sites is 2. The van der Waals surface area contributed by atoms with Crippen molar-refractivity contribution in [2.24, 2.45) is 0 Å². The zero-order valence-corrected chi connectivity index (χ0v) is 17.8. The molecule has 0 bridgehead atoms. The van der Waals surface area contributed by atoms with E-state index in [2.05, 4.69) is 12.2 Å². The summed E-state index contributed by atoms with van der Waals surface area (Å²) < 4.78 is 11.9. The Hall–Kier alpha value is -3.31. The molecule has 0 spiro atoms. The third-order valence-electron chi connectivity index (χ3n) is 5.57. The molecule has 1 unspecified atom stereocenters. The summed E-state index contributed by atoms with van der Waals surface area (Å²) in [5, 5.41) is 3.24. The molecule has 3 aromatic rings. The molecule has 5 nitrogen and oxygen atoms in total. The topological polar surface area (TPSA) is 52.0 Å². The van der Waals surface area contributed by atoms with Crippen molar-refractivity contribution in [2.75, 3.05) is 26.2 Å². The van der Waals surface area contributed by atoms with E-state index >= 15 is 0 Å². The van der Waals surface area contributed by atoms with Crippen molar-refractivity contribution in [1.82, 2.24) is 5.32 Å². The van der Waals surface area contributed by atoms with Gasteiger partial charge in [-0.3, -0.25) is 4.79 Å². The number of carbonyl (C=O) groups is 1. The van der Waals surface area contributed by atoms with E-state index in [1.165, 1.54) is 0 Å². The van der Waals surface area contributed by atoms with Crippen LogP contribution in [0.15, 0.2) is 84.9 Å². The van der Waals surface area contributed by atoms with Gasteiger partial charge in [-0.25, -0.2) is 0 Å². The Labute approximate surface area is 183 Å². The maximum absolute atomic E-state index is 13.0. The standard InChI is InChI=1S/C26H28N2O3/c1-2-28(17-22-19-30-23-15-9-10-16-24(23)31-22)18-25(29)27-26(20-11-5-3-6-12-20)21-13-7-4-8-14-21/h3-16,22,26H,2,17-19H2,1H3,(H,27,29)/p+1/t22-/m1/s1. The molecule has 1 aliphatic rings. The number of amides is 1. The number of ether oxygens (including phenoxy) is 2. The highest BCUT2D eigenvalue weighted by Crippen LogP contribution is 2.30. The zero-order valence-electron chi connectivity index (χ0n) is 17.8. The normalized spacial score (nSPS) is 16.0. The lowest BCUT2D eigenvalue weighted by atomic mass is 9.99. The zero-order chi connectivity index (χ0) is 21.5. The average molecular weight is 418 g/mol. The number of likely N-dealkylation sites (N-methyl/N-ethyl adjacent to an activating group) is 1. The maximum atomic E-state index is 13.0. The van der Waals surface area contributed by atoms with Crippen LogP contribution in [0.25, 0.3) is 0 Å². The monoisotopic (exact) mass is 417 g/mol. The average Bonchev–Trinajstić information content (AvgIpc) is 2.83. The fourth-order valence-electron chi connectivity index (χ4n) is 3.92. The largest absolute Gasteiger partial charge is 0.486 e. The first-order valence-electron chi connectivity index (χ1n) is 10.8. The summed E-state index contributed by atoms with van der Waals surface area (Å²) in [6.45, 7) is 4.51. The van der Waals surface area contributed by atoms with Gasteiger partial charge >= 0.3 is 0 Å². The molecule has 31 heavy (non-hydrogen) atoms. The van der Waals surface area contributed by atoms with E-state index in [1.54, 1.807) is 0 Å². The van der Waals surface area contributed by atoms with E-state index in [4.69, 9.17) is 9.47 Å². The lowest BCUT2D eigenvalue weighted by Gasteiger charge is -2.29. The first-order valence-corrected chi connectivity index (χ1v) is 10.8. The van der Waals surface area contributed by atoms with Crippen LogP contribution in [0.2, 0.25) is 0 Å². The number of quaternary nitrogens is 1. The minimum atomic E-state index is -0.172. The minimum absolute atomic E-state index is 0.0201. The van der Waals surface area contributed by atoms with Gasteiger partial charge in [-0.05, 0) is 30.2 Å². The summed E-state index contributed by atoms with van der Waals surface area (Å²) >= 11 is 0. The predicted octanol–water partition coefficient (Wildman–Crippen LogP) is 2.64. The van der Waals surface area contributed by atoms with Crippen molar-refractivity contribution in [3.8, 4) is 11.5 Å². The summed E-state index contributed by atoms with van der Waals surface area (Å²) in [5.74, 6) is 1.57. The summed E-state index contributed by atoms with van der Waals surface area (Å²) in [7, 11) is 0. The highest BCUT2D eigenvalue weighted by atomic mass is 16.6. The fraction of sp³-hybridized carbons (Fsp3) is 0.269. The number of rotatable bonds is 8. The fourth-order valence-corrected chi connectivity index (χ4v) is 3.92. The van der Waals surface area contributed by atoms with E-state index < -0.39 is 0 Å². The first-order chi connectivity index (χ1) is 15.2. The van der Waals surface area contributed by atoms with E-state index in [9.17, 15) is 4.79 Å². The molecule has 2 N–H and O–H groups in total. The number of hydrogen-bond acceptors (Lipinski definition) is 3. The Morgan fingerprint density at radius 3 is 2.13 bits per heavy atom. The van der Waals surface area contributed by atoms with Crippen molar-refractivity contribution in [3.05, 3.63) is 96.1 Å². The SMILES string of the molecule is CC[NH+](CC(=O)NC(c1ccccc1)c1ccccc1)C[C@@H]1COc2ccccc2O1. The van der Waals surface area contributed by atoms with Crippen molar-refractivity contribution in [1.29, 1.82) is 0 Å². The minimum Gasteiger partial charge on any atom is -0.486 e. The van der Waals surface area contributed by atoms with Crippen molar-refractivity contribution < 1.29 is 19.2 Å². The highest BCUT2D eigenvalue weighted by molar-refractivity contribution is 5.78. The summed E-state index contributed by atoms with van der Waals surface area (Å²) in [6.07, 6.45) is -0.0725. The molecule has 0 saturated heterocycles. The van der Waals surface area contributed by atoms with E-state index in [1.807, 2.05) is 84.9 Å². The molecule has 2 atom stereocenters. The molecule has 0 radical (unpaired) electrons. The predicted molar refractivity (Wildman–Crippen MR) is 120 cm³/mol. The van der Waals surface area contributed by atoms with Crippen LogP contribution in [0.1, 0.15) is 24.1 Å². The van der Waals surface area contributed by atoms with E-state index in [0.29, 0.717) is 19.7 Å². The third-order valence-corrected chi connectivity index (χ3v) is 5.57. The van der Waals surface area contributed by atoms with Crippen LogP contribution in [-0.2, 0) is 4.79 Å². The molecule has 1 heterocycles. The number of fused-ring (bicyclic) bond motifs is 1. The highest BCUT2D eigenvalue weighted by Gasteiger charge is 2.26. The Morgan fingerprint density at radius 2 is 1.52 bits per heavy atom.